The molecular formula is C13H17NO4. The first-order chi connectivity index (χ1) is 8.49. The van der Waals surface area contributed by atoms with Crippen molar-refractivity contribution in [3.63, 3.8) is 0 Å². The van der Waals surface area contributed by atoms with E-state index in [-0.39, 0.29) is 5.91 Å². The van der Waals surface area contributed by atoms with E-state index in [9.17, 15) is 9.59 Å². The molecule has 0 fully saturated rings. The number of rotatable bonds is 5. The van der Waals surface area contributed by atoms with Gasteiger partial charge >= 0.3 is 0 Å². The largest absolute Gasteiger partial charge is 0.497 e. The maximum Gasteiger partial charge on any atom is 0.262 e. The van der Waals surface area contributed by atoms with Crippen LogP contribution in [0.5, 0.6) is 11.5 Å². The number of methoxy groups -OCH3 is 1. The third-order valence-corrected chi connectivity index (χ3v) is 2.44. The number of amides is 1. The number of nitrogens with zero attached hydrogens (tertiary/aromatic N) is 1. The minimum atomic E-state index is -0.646. The smallest absolute Gasteiger partial charge is 0.262 e. The number of aldehydes is 1. The van der Waals surface area contributed by atoms with E-state index >= 15 is 0 Å². The molecule has 5 heteroatoms. The molecule has 0 heterocycles. The molecule has 98 valence electrons. The van der Waals surface area contributed by atoms with Crippen LogP contribution in [-0.2, 0) is 4.79 Å². The Morgan fingerprint density at radius 2 is 2.06 bits per heavy atom. The molecule has 1 unspecified atom stereocenters. The molecule has 18 heavy (non-hydrogen) atoms. The highest BCUT2D eigenvalue weighted by Crippen LogP contribution is 2.23. The van der Waals surface area contributed by atoms with Crippen LogP contribution >= 0.6 is 0 Å². The van der Waals surface area contributed by atoms with Gasteiger partial charge in [0.05, 0.1) is 12.7 Å². The lowest BCUT2D eigenvalue weighted by Gasteiger charge is -2.19. The van der Waals surface area contributed by atoms with Crippen molar-refractivity contribution in [3.8, 4) is 11.5 Å². The van der Waals surface area contributed by atoms with E-state index in [1.807, 2.05) is 0 Å². The first kappa shape index (κ1) is 14.0. The molecule has 1 aromatic carbocycles. The Morgan fingerprint density at radius 1 is 1.39 bits per heavy atom. The van der Waals surface area contributed by atoms with Crippen LogP contribution in [0.3, 0.4) is 0 Å². The van der Waals surface area contributed by atoms with E-state index in [1.54, 1.807) is 39.2 Å². The summed E-state index contributed by atoms with van der Waals surface area (Å²) in [7, 11) is 4.82. The third kappa shape index (κ3) is 3.23. The number of benzene rings is 1. The van der Waals surface area contributed by atoms with E-state index in [0.29, 0.717) is 23.3 Å². The maximum atomic E-state index is 11.7. The Balaban J connectivity index is 2.90. The highest BCUT2D eigenvalue weighted by atomic mass is 16.5. The van der Waals surface area contributed by atoms with Gasteiger partial charge in [-0.2, -0.15) is 0 Å². The molecule has 0 aliphatic rings. The van der Waals surface area contributed by atoms with Crippen molar-refractivity contribution in [1.82, 2.24) is 4.90 Å². The molecule has 0 N–H and O–H groups in total. The van der Waals surface area contributed by atoms with Gasteiger partial charge in [0.2, 0.25) is 0 Å². The number of ether oxygens (including phenoxy) is 2. The van der Waals surface area contributed by atoms with Gasteiger partial charge in [-0.1, -0.05) is 0 Å². The van der Waals surface area contributed by atoms with Crippen molar-refractivity contribution < 1.29 is 19.1 Å². The van der Waals surface area contributed by atoms with Crippen LogP contribution in [0.15, 0.2) is 18.2 Å². The molecule has 1 rings (SSSR count). The van der Waals surface area contributed by atoms with E-state index in [0.717, 1.165) is 0 Å². The van der Waals surface area contributed by atoms with Gasteiger partial charge in [-0.3, -0.25) is 9.59 Å². The first-order valence-corrected chi connectivity index (χ1v) is 5.50. The summed E-state index contributed by atoms with van der Waals surface area (Å²) in [4.78, 5) is 24.0. The second kappa shape index (κ2) is 6.05. The lowest BCUT2D eigenvalue weighted by Crippen LogP contribution is -2.35. The van der Waals surface area contributed by atoms with Gasteiger partial charge in [-0.15, -0.1) is 0 Å². The minimum Gasteiger partial charge on any atom is -0.497 e. The summed E-state index contributed by atoms with van der Waals surface area (Å²) in [6.45, 7) is 1.64. The van der Waals surface area contributed by atoms with E-state index < -0.39 is 6.10 Å². The standard InChI is InChI=1S/C13H17NO4/c1-9(13(16)14(2)3)18-12-6-5-11(17-4)7-10(12)8-15/h5-9H,1-4H3. The first-order valence-electron chi connectivity index (χ1n) is 5.50. The van der Waals surface area contributed by atoms with Crippen molar-refractivity contribution in [3.05, 3.63) is 23.8 Å². The fourth-order valence-electron chi connectivity index (χ4n) is 1.46. The predicted molar refractivity (Wildman–Crippen MR) is 67.2 cm³/mol. The van der Waals surface area contributed by atoms with Gasteiger partial charge < -0.3 is 14.4 Å². The molecular weight excluding hydrogens is 234 g/mol. The molecule has 0 saturated heterocycles. The van der Waals surface area contributed by atoms with Gasteiger partial charge in [0.25, 0.3) is 5.91 Å². The molecule has 1 amide bonds. The van der Waals surface area contributed by atoms with Crippen LogP contribution in [-0.4, -0.2) is 44.4 Å². The van der Waals surface area contributed by atoms with Crippen LogP contribution in [0.4, 0.5) is 0 Å². The predicted octanol–water partition coefficient (Wildman–Crippen LogP) is 1.36. The van der Waals surface area contributed by atoms with Crippen molar-refractivity contribution >= 4 is 12.2 Å². The number of likely N-dealkylation sites (N-methyl/N-ethyl adjacent to an activating group) is 1. The molecule has 0 aromatic heterocycles. The molecule has 0 saturated carbocycles. The molecule has 1 aromatic rings. The Labute approximate surface area is 106 Å². The van der Waals surface area contributed by atoms with Crippen LogP contribution in [0.2, 0.25) is 0 Å². The fraction of sp³-hybridized carbons (Fsp3) is 0.385. The van der Waals surface area contributed by atoms with Crippen LogP contribution in [0.25, 0.3) is 0 Å². The maximum absolute atomic E-state index is 11.7. The van der Waals surface area contributed by atoms with Gasteiger partial charge in [-0.25, -0.2) is 0 Å². The monoisotopic (exact) mass is 251 g/mol. The van der Waals surface area contributed by atoms with E-state index in [4.69, 9.17) is 9.47 Å². The Kier molecular flexibility index (Phi) is 4.71. The molecule has 5 nitrogen and oxygen atoms in total. The molecule has 0 aliphatic carbocycles. The third-order valence-electron chi connectivity index (χ3n) is 2.44. The number of hydrogen-bond donors (Lipinski definition) is 0. The molecule has 0 bridgehead atoms. The zero-order valence-electron chi connectivity index (χ0n) is 11.0. The zero-order valence-corrected chi connectivity index (χ0v) is 11.0. The SMILES string of the molecule is COc1ccc(OC(C)C(=O)N(C)C)c(C=O)c1. The highest BCUT2D eigenvalue weighted by Gasteiger charge is 2.18. The van der Waals surface area contributed by atoms with E-state index in [1.165, 1.54) is 12.0 Å². The van der Waals surface area contributed by atoms with Gasteiger partial charge in [0.1, 0.15) is 11.5 Å². The average Bonchev–Trinajstić information content (AvgIpc) is 2.37. The molecule has 0 spiro atoms. The van der Waals surface area contributed by atoms with Crippen LogP contribution in [0.1, 0.15) is 17.3 Å². The number of hydrogen-bond acceptors (Lipinski definition) is 4. The Morgan fingerprint density at radius 3 is 2.56 bits per heavy atom. The topological polar surface area (TPSA) is 55.8 Å². The summed E-state index contributed by atoms with van der Waals surface area (Å²) in [5, 5.41) is 0. The quantitative estimate of drug-likeness (QED) is 0.741. The molecule has 0 aliphatic heterocycles. The highest BCUT2D eigenvalue weighted by molar-refractivity contribution is 5.82. The zero-order chi connectivity index (χ0) is 13.7. The summed E-state index contributed by atoms with van der Waals surface area (Å²) < 4.78 is 10.5. The fourth-order valence-corrected chi connectivity index (χ4v) is 1.46. The summed E-state index contributed by atoms with van der Waals surface area (Å²) in [5.74, 6) is 0.771. The lowest BCUT2D eigenvalue weighted by atomic mass is 10.2. The Hall–Kier alpha value is -2.04. The molecule has 0 radical (unpaired) electrons. The van der Waals surface area contributed by atoms with Crippen LogP contribution in [0, 0.1) is 0 Å². The minimum absolute atomic E-state index is 0.164. The van der Waals surface area contributed by atoms with E-state index in [2.05, 4.69) is 0 Å². The van der Waals surface area contributed by atoms with Gasteiger partial charge in [-0.05, 0) is 25.1 Å². The number of carbonyl (C=O) groups excluding carboxylic acids is 2. The summed E-state index contributed by atoms with van der Waals surface area (Å²) >= 11 is 0. The molecule has 1 atom stereocenters. The second-order valence-corrected chi connectivity index (χ2v) is 4.01. The van der Waals surface area contributed by atoms with Crippen LogP contribution < -0.4 is 9.47 Å². The summed E-state index contributed by atoms with van der Waals surface area (Å²) in [5.41, 5.74) is 0.354. The van der Waals surface area contributed by atoms with Crippen molar-refractivity contribution in [2.45, 2.75) is 13.0 Å². The van der Waals surface area contributed by atoms with Gasteiger partial charge in [0.15, 0.2) is 12.4 Å². The summed E-state index contributed by atoms with van der Waals surface area (Å²) in [6, 6.07) is 4.85. The van der Waals surface area contributed by atoms with Crippen molar-refractivity contribution in [1.29, 1.82) is 0 Å². The summed E-state index contributed by atoms with van der Waals surface area (Å²) in [6.07, 6.45) is 0.0251. The van der Waals surface area contributed by atoms with Gasteiger partial charge in [0, 0.05) is 14.1 Å². The lowest BCUT2D eigenvalue weighted by molar-refractivity contribution is -0.135. The normalized spacial score (nSPS) is 11.6. The van der Waals surface area contributed by atoms with Crippen molar-refractivity contribution in [2.75, 3.05) is 21.2 Å². The average molecular weight is 251 g/mol. The number of carbonyl (C=O) groups is 2. The second-order valence-electron chi connectivity index (χ2n) is 4.01. The Bertz CT molecular complexity index is 443. The van der Waals surface area contributed by atoms with Crippen molar-refractivity contribution in [2.24, 2.45) is 0 Å².